The molecule has 1 saturated carbocycles. The number of hydrogen-bond acceptors (Lipinski definition) is 7. The van der Waals surface area contributed by atoms with Gasteiger partial charge in [0, 0.05) is 20.1 Å². The SMILES string of the molecule is COC1CCC(c2nn(C)c3cnc(Nc4cn5ncnc5cc4C)nc23)CC1. The first-order valence-electron chi connectivity index (χ1n) is 9.92. The number of rotatable bonds is 4. The Kier molecular flexibility index (Phi) is 4.39. The molecule has 0 atom stereocenters. The summed E-state index contributed by atoms with van der Waals surface area (Å²) in [6.07, 6.45) is 9.91. The Labute approximate surface area is 168 Å². The van der Waals surface area contributed by atoms with Crippen LogP contribution in [0.2, 0.25) is 0 Å². The van der Waals surface area contributed by atoms with E-state index in [2.05, 4.69) is 20.4 Å². The van der Waals surface area contributed by atoms with Gasteiger partial charge in [0.2, 0.25) is 5.95 Å². The minimum absolute atomic E-state index is 0.364. The van der Waals surface area contributed by atoms with Crippen LogP contribution in [-0.4, -0.2) is 47.6 Å². The highest BCUT2D eigenvalue weighted by atomic mass is 16.5. The Hall–Kier alpha value is -3.07. The Balaban J connectivity index is 1.48. The molecule has 29 heavy (non-hydrogen) atoms. The topological polar surface area (TPSA) is 95.0 Å². The molecular weight excluding hydrogens is 368 g/mol. The van der Waals surface area contributed by atoms with Crippen LogP contribution in [-0.2, 0) is 11.8 Å². The summed E-state index contributed by atoms with van der Waals surface area (Å²) >= 11 is 0. The number of pyridine rings is 1. The number of ether oxygens (including phenoxy) is 1. The van der Waals surface area contributed by atoms with Crippen molar-refractivity contribution in [3.05, 3.63) is 36.0 Å². The van der Waals surface area contributed by atoms with Crippen molar-refractivity contribution in [2.45, 2.75) is 44.6 Å². The van der Waals surface area contributed by atoms with Crippen molar-refractivity contribution in [1.82, 2.24) is 34.3 Å². The van der Waals surface area contributed by atoms with Crippen LogP contribution in [0.15, 0.2) is 24.8 Å². The van der Waals surface area contributed by atoms with Gasteiger partial charge in [-0.2, -0.15) is 10.2 Å². The molecule has 0 bridgehead atoms. The molecule has 0 unspecified atom stereocenters. The van der Waals surface area contributed by atoms with Crippen molar-refractivity contribution in [1.29, 1.82) is 0 Å². The van der Waals surface area contributed by atoms with Crippen LogP contribution in [0.1, 0.15) is 42.9 Å². The van der Waals surface area contributed by atoms with E-state index >= 15 is 0 Å². The van der Waals surface area contributed by atoms with Crippen LogP contribution in [0.5, 0.6) is 0 Å². The minimum Gasteiger partial charge on any atom is -0.381 e. The van der Waals surface area contributed by atoms with E-state index in [0.29, 0.717) is 18.0 Å². The Morgan fingerprint density at radius 3 is 2.79 bits per heavy atom. The summed E-state index contributed by atoms with van der Waals surface area (Å²) < 4.78 is 9.13. The van der Waals surface area contributed by atoms with Gasteiger partial charge in [-0.25, -0.2) is 19.5 Å². The number of hydrogen-bond donors (Lipinski definition) is 1. The molecule has 1 aliphatic carbocycles. The fourth-order valence-electron chi connectivity index (χ4n) is 4.18. The first-order chi connectivity index (χ1) is 14.1. The Morgan fingerprint density at radius 2 is 2.00 bits per heavy atom. The maximum atomic E-state index is 5.52. The largest absolute Gasteiger partial charge is 0.381 e. The highest BCUT2D eigenvalue weighted by Crippen LogP contribution is 2.36. The zero-order valence-corrected chi connectivity index (χ0v) is 16.8. The summed E-state index contributed by atoms with van der Waals surface area (Å²) in [5, 5.41) is 12.3. The van der Waals surface area contributed by atoms with E-state index in [1.807, 2.05) is 37.1 Å². The second kappa shape index (κ2) is 7.07. The summed E-state index contributed by atoms with van der Waals surface area (Å²) in [5.74, 6) is 0.959. The number of aryl methyl sites for hydroxylation is 2. The fourth-order valence-corrected chi connectivity index (χ4v) is 4.18. The number of fused-ring (bicyclic) bond motifs is 2. The van der Waals surface area contributed by atoms with Gasteiger partial charge in [-0.1, -0.05) is 0 Å². The number of anilines is 2. The van der Waals surface area contributed by atoms with Crippen molar-refractivity contribution in [2.24, 2.45) is 7.05 Å². The van der Waals surface area contributed by atoms with Crippen LogP contribution in [0.3, 0.4) is 0 Å². The molecule has 0 saturated heterocycles. The lowest BCUT2D eigenvalue weighted by Crippen LogP contribution is -2.19. The summed E-state index contributed by atoms with van der Waals surface area (Å²) in [5.41, 5.74) is 5.69. The van der Waals surface area contributed by atoms with Gasteiger partial charge in [0.25, 0.3) is 0 Å². The fraction of sp³-hybridized carbons (Fsp3) is 0.450. The minimum atomic E-state index is 0.364. The number of nitrogens with zero attached hydrogens (tertiary/aromatic N) is 7. The van der Waals surface area contributed by atoms with Crippen molar-refractivity contribution < 1.29 is 4.74 Å². The van der Waals surface area contributed by atoms with E-state index in [9.17, 15) is 0 Å². The van der Waals surface area contributed by atoms with Gasteiger partial charge in [-0.15, -0.1) is 0 Å². The van der Waals surface area contributed by atoms with Gasteiger partial charge in [0.15, 0.2) is 5.65 Å². The standard InChI is InChI=1S/C20H24N8O/c1-12-8-17-22-11-23-28(17)10-15(12)24-20-21-9-16-19(25-20)18(26-27(16)2)13-4-6-14(29-3)7-5-13/h8-11,13-14H,4-7H2,1-3H3,(H,21,24,25). The average Bonchev–Trinajstić information content (AvgIpc) is 3.32. The summed E-state index contributed by atoms with van der Waals surface area (Å²) in [6.45, 7) is 2.03. The second-order valence-corrected chi connectivity index (χ2v) is 7.70. The monoisotopic (exact) mass is 392 g/mol. The van der Waals surface area contributed by atoms with Gasteiger partial charge in [0.05, 0.1) is 29.9 Å². The molecule has 150 valence electrons. The van der Waals surface area contributed by atoms with E-state index < -0.39 is 0 Å². The van der Waals surface area contributed by atoms with Crippen molar-refractivity contribution in [2.75, 3.05) is 12.4 Å². The molecule has 0 amide bonds. The molecule has 9 heteroatoms. The van der Waals surface area contributed by atoms with Gasteiger partial charge < -0.3 is 10.1 Å². The van der Waals surface area contributed by atoms with Crippen LogP contribution >= 0.6 is 0 Å². The highest BCUT2D eigenvalue weighted by molar-refractivity contribution is 5.79. The van der Waals surface area contributed by atoms with E-state index in [1.165, 1.54) is 0 Å². The molecule has 0 aliphatic heterocycles. The molecule has 4 aromatic rings. The molecule has 1 fully saturated rings. The van der Waals surface area contributed by atoms with E-state index in [4.69, 9.17) is 14.8 Å². The molecular formula is C20H24N8O. The number of methoxy groups -OCH3 is 1. The normalized spacial score (nSPS) is 19.8. The smallest absolute Gasteiger partial charge is 0.227 e. The first kappa shape index (κ1) is 18.0. The van der Waals surface area contributed by atoms with Gasteiger partial charge in [-0.3, -0.25) is 4.68 Å². The molecule has 9 nitrogen and oxygen atoms in total. The van der Waals surface area contributed by atoms with Crippen LogP contribution < -0.4 is 5.32 Å². The molecule has 1 aliphatic rings. The van der Waals surface area contributed by atoms with Crippen LogP contribution in [0.4, 0.5) is 11.6 Å². The predicted octanol–water partition coefficient (Wildman–Crippen LogP) is 3.13. The Bertz CT molecular complexity index is 1170. The third kappa shape index (κ3) is 3.21. The molecule has 0 aromatic carbocycles. The third-order valence-corrected chi connectivity index (χ3v) is 5.88. The Morgan fingerprint density at radius 1 is 1.17 bits per heavy atom. The maximum absolute atomic E-state index is 5.52. The maximum Gasteiger partial charge on any atom is 0.227 e. The quantitative estimate of drug-likeness (QED) is 0.570. The lowest BCUT2D eigenvalue weighted by atomic mass is 9.85. The lowest BCUT2D eigenvalue weighted by molar-refractivity contribution is 0.0655. The van der Waals surface area contributed by atoms with Gasteiger partial charge in [0.1, 0.15) is 17.4 Å². The van der Waals surface area contributed by atoms with E-state index in [-0.39, 0.29) is 0 Å². The van der Waals surface area contributed by atoms with Crippen molar-refractivity contribution in [3.63, 3.8) is 0 Å². The van der Waals surface area contributed by atoms with Gasteiger partial charge >= 0.3 is 0 Å². The molecule has 1 N–H and O–H groups in total. The molecule has 5 rings (SSSR count). The van der Waals surface area contributed by atoms with E-state index in [0.717, 1.165) is 59.3 Å². The summed E-state index contributed by atoms with van der Waals surface area (Å²) in [7, 11) is 3.75. The predicted molar refractivity (Wildman–Crippen MR) is 109 cm³/mol. The molecule has 0 spiro atoms. The lowest BCUT2D eigenvalue weighted by Gasteiger charge is -2.26. The van der Waals surface area contributed by atoms with Crippen molar-refractivity contribution in [3.8, 4) is 0 Å². The zero-order chi connectivity index (χ0) is 20.0. The second-order valence-electron chi connectivity index (χ2n) is 7.70. The van der Waals surface area contributed by atoms with Crippen LogP contribution in [0, 0.1) is 6.92 Å². The first-order valence-corrected chi connectivity index (χ1v) is 9.92. The summed E-state index contributed by atoms with van der Waals surface area (Å²) in [6, 6.07) is 1.98. The van der Waals surface area contributed by atoms with Crippen LogP contribution in [0.25, 0.3) is 16.7 Å². The molecule has 4 aromatic heterocycles. The van der Waals surface area contributed by atoms with Crippen molar-refractivity contribution >= 4 is 28.3 Å². The number of nitrogens with one attached hydrogen (secondary N) is 1. The third-order valence-electron chi connectivity index (χ3n) is 5.88. The summed E-state index contributed by atoms with van der Waals surface area (Å²) in [4.78, 5) is 13.6. The van der Waals surface area contributed by atoms with Gasteiger partial charge in [-0.05, 0) is 44.2 Å². The highest BCUT2D eigenvalue weighted by Gasteiger charge is 2.27. The number of aromatic nitrogens is 7. The zero-order valence-electron chi connectivity index (χ0n) is 16.8. The average molecular weight is 392 g/mol. The van der Waals surface area contributed by atoms with E-state index in [1.54, 1.807) is 18.0 Å². The molecule has 4 heterocycles. The molecule has 0 radical (unpaired) electrons.